The Morgan fingerprint density at radius 2 is 2.11 bits per heavy atom. The van der Waals surface area contributed by atoms with Gasteiger partial charge in [-0.25, -0.2) is 9.37 Å². The zero-order valence-electron chi connectivity index (χ0n) is 10.4. The van der Waals surface area contributed by atoms with Crippen molar-refractivity contribution in [3.05, 3.63) is 53.9 Å². The van der Waals surface area contributed by atoms with E-state index < -0.39 is 6.10 Å². The van der Waals surface area contributed by atoms with Crippen molar-refractivity contribution in [2.45, 2.75) is 32.4 Å². The fourth-order valence-corrected chi connectivity index (χ4v) is 2.02. The standard InChI is InChI=1S/C14H17FN2O/c1-2-17-8-7-16-14(17)10-12(18)9-11-5-3-4-6-13(11)15/h3-8,12,18H,2,9-10H2,1H3. The molecule has 1 aromatic heterocycles. The van der Waals surface area contributed by atoms with Crippen LogP contribution in [-0.4, -0.2) is 20.8 Å². The van der Waals surface area contributed by atoms with E-state index in [0.717, 1.165) is 12.4 Å². The van der Waals surface area contributed by atoms with Crippen LogP contribution >= 0.6 is 0 Å². The minimum atomic E-state index is -0.616. The summed E-state index contributed by atoms with van der Waals surface area (Å²) < 4.78 is 15.4. The van der Waals surface area contributed by atoms with Gasteiger partial charge in [0.2, 0.25) is 0 Å². The van der Waals surface area contributed by atoms with Gasteiger partial charge in [-0.05, 0) is 18.6 Å². The summed E-state index contributed by atoms with van der Waals surface area (Å²) in [7, 11) is 0. The third-order valence-electron chi connectivity index (χ3n) is 2.97. The molecule has 0 aliphatic heterocycles. The number of imidazole rings is 1. The molecule has 0 bridgehead atoms. The second-order valence-corrected chi connectivity index (χ2v) is 4.28. The summed E-state index contributed by atoms with van der Waals surface area (Å²) in [6.07, 6.45) is 3.73. The summed E-state index contributed by atoms with van der Waals surface area (Å²) in [5.41, 5.74) is 0.541. The first-order valence-corrected chi connectivity index (χ1v) is 6.12. The lowest BCUT2D eigenvalue weighted by Gasteiger charge is -2.12. The van der Waals surface area contributed by atoms with E-state index in [0.29, 0.717) is 18.4 Å². The van der Waals surface area contributed by atoms with E-state index in [-0.39, 0.29) is 5.82 Å². The van der Waals surface area contributed by atoms with E-state index in [9.17, 15) is 9.50 Å². The lowest BCUT2D eigenvalue weighted by atomic mass is 10.0. The van der Waals surface area contributed by atoms with Crippen molar-refractivity contribution >= 4 is 0 Å². The van der Waals surface area contributed by atoms with E-state index in [2.05, 4.69) is 4.98 Å². The van der Waals surface area contributed by atoms with Gasteiger partial charge in [-0.3, -0.25) is 0 Å². The van der Waals surface area contributed by atoms with Crippen molar-refractivity contribution in [2.75, 3.05) is 0 Å². The Bertz CT molecular complexity index is 510. The molecule has 2 aromatic rings. The van der Waals surface area contributed by atoms with Gasteiger partial charge in [-0.2, -0.15) is 0 Å². The third-order valence-corrected chi connectivity index (χ3v) is 2.97. The summed E-state index contributed by atoms with van der Waals surface area (Å²) in [4.78, 5) is 4.20. The minimum absolute atomic E-state index is 0.268. The predicted octanol–water partition coefficient (Wildman–Crippen LogP) is 2.19. The van der Waals surface area contributed by atoms with E-state index in [1.54, 1.807) is 24.4 Å². The van der Waals surface area contributed by atoms with Crippen LogP contribution in [0.4, 0.5) is 4.39 Å². The SMILES string of the molecule is CCn1ccnc1CC(O)Cc1ccccc1F. The minimum Gasteiger partial charge on any atom is -0.392 e. The Balaban J connectivity index is 2.01. The number of aliphatic hydroxyl groups excluding tert-OH is 1. The molecule has 1 aromatic carbocycles. The molecule has 0 radical (unpaired) electrons. The highest BCUT2D eigenvalue weighted by atomic mass is 19.1. The zero-order valence-corrected chi connectivity index (χ0v) is 10.4. The lowest BCUT2D eigenvalue weighted by molar-refractivity contribution is 0.170. The number of benzene rings is 1. The first-order valence-electron chi connectivity index (χ1n) is 6.12. The molecule has 0 spiro atoms. The van der Waals surface area contributed by atoms with Crippen LogP contribution in [0.15, 0.2) is 36.7 Å². The first-order chi connectivity index (χ1) is 8.70. The van der Waals surface area contributed by atoms with Crippen LogP contribution in [-0.2, 0) is 19.4 Å². The molecule has 0 saturated heterocycles. The number of aromatic nitrogens is 2. The molecule has 0 saturated carbocycles. The van der Waals surface area contributed by atoms with E-state index in [1.807, 2.05) is 17.7 Å². The largest absolute Gasteiger partial charge is 0.392 e. The molecule has 96 valence electrons. The topological polar surface area (TPSA) is 38.0 Å². The molecule has 3 nitrogen and oxygen atoms in total. The number of aliphatic hydroxyl groups is 1. The summed E-state index contributed by atoms with van der Waals surface area (Å²) >= 11 is 0. The van der Waals surface area contributed by atoms with Crippen molar-refractivity contribution in [1.29, 1.82) is 0 Å². The Morgan fingerprint density at radius 3 is 2.83 bits per heavy atom. The highest BCUT2D eigenvalue weighted by Gasteiger charge is 2.12. The maximum Gasteiger partial charge on any atom is 0.126 e. The van der Waals surface area contributed by atoms with Crippen LogP contribution in [0.25, 0.3) is 0 Å². The number of rotatable bonds is 5. The highest BCUT2D eigenvalue weighted by molar-refractivity contribution is 5.18. The van der Waals surface area contributed by atoms with Gasteiger partial charge < -0.3 is 9.67 Å². The molecule has 0 fully saturated rings. The molecular formula is C14H17FN2O. The molecule has 1 unspecified atom stereocenters. The first kappa shape index (κ1) is 12.8. The number of aryl methyl sites for hydroxylation is 1. The monoisotopic (exact) mass is 248 g/mol. The molecular weight excluding hydrogens is 231 g/mol. The average Bonchev–Trinajstić information content (AvgIpc) is 2.79. The van der Waals surface area contributed by atoms with E-state index in [4.69, 9.17) is 0 Å². The van der Waals surface area contributed by atoms with Crippen LogP contribution in [0.5, 0.6) is 0 Å². The van der Waals surface area contributed by atoms with Crippen molar-refractivity contribution in [2.24, 2.45) is 0 Å². The van der Waals surface area contributed by atoms with Gasteiger partial charge in [0.15, 0.2) is 0 Å². The molecule has 1 heterocycles. The summed E-state index contributed by atoms with van der Waals surface area (Å²) in [6, 6.07) is 6.53. The number of nitrogens with zero attached hydrogens (tertiary/aromatic N) is 2. The number of hydrogen-bond acceptors (Lipinski definition) is 2. The molecule has 4 heteroatoms. The Hall–Kier alpha value is -1.68. The van der Waals surface area contributed by atoms with Gasteiger partial charge in [0, 0.05) is 31.8 Å². The quantitative estimate of drug-likeness (QED) is 0.880. The van der Waals surface area contributed by atoms with Crippen LogP contribution in [0.3, 0.4) is 0 Å². The van der Waals surface area contributed by atoms with Gasteiger partial charge in [0.1, 0.15) is 11.6 Å². The molecule has 18 heavy (non-hydrogen) atoms. The highest BCUT2D eigenvalue weighted by Crippen LogP contribution is 2.11. The Labute approximate surface area is 106 Å². The summed E-state index contributed by atoms with van der Waals surface area (Å²) in [5, 5.41) is 10.00. The van der Waals surface area contributed by atoms with Crippen LogP contribution in [0.1, 0.15) is 18.3 Å². The predicted molar refractivity (Wildman–Crippen MR) is 67.7 cm³/mol. The molecule has 0 amide bonds. The fraction of sp³-hybridized carbons (Fsp3) is 0.357. The molecule has 1 atom stereocenters. The van der Waals surface area contributed by atoms with Gasteiger partial charge in [0.25, 0.3) is 0 Å². The van der Waals surface area contributed by atoms with Gasteiger partial charge in [0.05, 0.1) is 6.10 Å². The van der Waals surface area contributed by atoms with Crippen molar-refractivity contribution in [1.82, 2.24) is 9.55 Å². The third kappa shape index (κ3) is 2.96. The fourth-order valence-electron chi connectivity index (χ4n) is 2.02. The van der Waals surface area contributed by atoms with E-state index >= 15 is 0 Å². The number of halogens is 1. The molecule has 0 aliphatic rings. The number of hydrogen-bond donors (Lipinski definition) is 1. The van der Waals surface area contributed by atoms with Crippen LogP contribution in [0.2, 0.25) is 0 Å². The smallest absolute Gasteiger partial charge is 0.126 e. The maximum atomic E-state index is 13.4. The van der Waals surface area contributed by atoms with Gasteiger partial charge >= 0.3 is 0 Å². The van der Waals surface area contributed by atoms with Crippen molar-refractivity contribution in [3.63, 3.8) is 0 Å². The van der Waals surface area contributed by atoms with Gasteiger partial charge in [-0.15, -0.1) is 0 Å². The average molecular weight is 248 g/mol. The Morgan fingerprint density at radius 1 is 1.33 bits per heavy atom. The lowest BCUT2D eigenvalue weighted by Crippen LogP contribution is -2.17. The zero-order chi connectivity index (χ0) is 13.0. The Kier molecular flexibility index (Phi) is 4.10. The van der Waals surface area contributed by atoms with Crippen LogP contribution < -0.4 is 0 Å². The second-order valence-electron chi connectivity index (χ2n) is 4.28. The molecule has 2 rings (SSSR count). The summed E-state index contributed by atoms with van der Waals surface area (Å²) in [5.74, 6) is 0.566. The molecule has 0 aliphatic carbocycles. The normalized spacial score (nSPS) is 12.6. The van der Waals surface area contributed by atoms with Crippen molar-refractivity contribution in [3.8, 4) is 0 Å². The van der Waals surface area contributed by atoms with Crippen molar-refractivity contribution < 1.29 is 9.50 Å². The summed E-state index contributed by atoms with van der Waals surface area (Å²) in [6.45, 7) is 2.84. The molecule has 1 N–H and O–H groups in total. The maximum absolute atomic E-state index is 13.4. The van der Waals surface area contributed by atoms with Gasteiger partial charge in [-0.1, -0.05) is 18.2 Å². The second kappa shape index (κ2) is 5.78. The van der Waals surface area contributed by atoms with Crippen LogP contribution in [0, 0.1) is 5.82 Å². The van der Waals surface area contributed by atoms with E-state index in [1.165, 1.54) is 6.07 Å².